The molecule has 2 atom stereocenters. The molecule has 2 aromatic rings. The Kier molecular flexibility index (Phi) is 4.81. The Bertz CT molecular complexity index is 781. The van der Waals surface area contributed by atoms with E-state index in [1.54, 1.807) is 37.4 Å². The van der Waals surface area contributed by atoms with Gasteiger partial charge in [-0.2, -0.15) is 0 Å². The molecule has 6 heteroatoms. The second kappa shape index (κ2) is 7.03. The number of para-hydroxylation sites is 1. The zero-order valence-electron chi connectivity index (χ0n) is 13.9. The molecule has 2 amide bonds. The lowest BCUT2D eigenvalue weighted by atomic mass is 10.1. The van der Waals surface area contributed by atoms with Gasteiger partial charge in [0.2, 0.25) is 11.8 Å². The Morgan fingerprint density at radius 3 is 2.52 bits per heavy atom. The summed E-state index contributed by atoms with van der Waals surface area (Å²) in [4.78, 5) is 28.1. The van der Waals surface area contributed by atoms with Crippen molar-refractivity contribution < 1.29 is 14.0 Å². The van der Waals surface area contributed by atoms with Crippen molar-refractivity contribution in [1.82, 2.24) is 4.90 Å². The molecule has 3 rings (SSSR count). The number of hydrogen-bond donors (Lipinski definition) is 1. The van der Waals surface area contributed by atoms with Crippen molar-refractivity contribution in [3.63, 3.8) is 0 Å². The van der Waals surface area contributed by atoms with Gasteiger partial charge in [0.15, 0.2) is 0 Å². The number of halogens is 1. The van der Waals surface area contributed by atoms with Gasteiger partial charge in [-0.05, 0) is 24.1 Å². The van der Waals surface area contributed by atoms with E-state index in [2.05, 4.69) is 0 Å². The van der Waals surface area contributed by atoms with E-state index in [-0.39, 0.29) is 17.5 Å². The number of carbonyl (C=O) groups excluding carboxylic acids is 2. The lowest BCUT2D eigenvalue weighted by Crippen LogP contribution is -2.46. The monoisotopic (exact) mass is 341 g/mol. The smallest absolute Gasteiger partial charge is 0.249 e. The molecular formula is C19H20FN3O2. The minimum absolute atomic E-state index is 0.239. The first-order chi connectivity index (χ1) is 12.0. The number of nitrogens with zero attached hydrogens (tertiary/aromatic N) is 2. The van der Waals surface area contributed by atoms with Crippen molar-refractivity contribution in [3.8, 4) is 0 Å². The van der Waals surface area contributed by atoms with Gasteiger partial charge in [0, 0.05) is 13.6 Å². The average molecular weight is 341 g/mol. The molecule has 1 aliphatic heterocycles. The average Bonchev–Trinajstić information content (AvgIpc) is 3.02. The predicted molar refractivity (Wildman–Crippen MR) is 93.3 cm³/mol. The third kappa shape index (κ3) is 3.25. The van der Waals surface area contributed by atoms with Gasteiger partial charge in [-0.25, -0.2) is 4.39 Å². The van der Waals surface area contributed by atoms with Crippen LogP contribution in [0.25, 0.3) is 0 Å². The van der Waals surface area contributed by atoms with Crippen molar-refractivity contribution in [1.29, 1.82) is 0 Å². The van der Waals surface area contributed by atoms with Gasteiger partial charge in [-0.3, -0.25) is 9.59 Å². The van der Waals surface area contributed by atoms with Gasteiger partial charge < -0.3 is 15.5 Å². The Labute approximate surface area is 145 Å². The third-order valence-electron chi connectivity index (χ3n) is 4.56. The number of carbonyl (C=O) groups is 2. The topological polar surface area (TPSA) is 66.6 Å². The van der Waals surface area contributed by atoms with E-state index in [4.69, 9.17) is 5.73 Å². The van der Waals surface area contributed by atoms with Gasteiger partial charge in [0.1, 0.15) is 17.9 Å². The van der Waals surface area contributed by atoms with Gasteiger partial charge in [0.05, 0.1) is 5.69 Å². The van der Waals surface area contributed by atoms with Crippen LogP contribution in [0.15, 0.2) is 54.6 Å². The molecule has 1 heterocycles. The highest BCUT2D eigenvalue weighted by atomic mass is 19.1. The fourth-order valence-corrected chi connectivity index (χ4v) is 3.11. The summed E-state index contributed by atoms with van der Waals surface area (Å²) in [6, 6.07) is 13.7. The quantitative estimate of drug-likeness (QED) is 0.926. The molecular weight excluding hydrogens is 321 g/mol. The van der Waals surface area contributed by atoms with E-state index >= 15 is 0 Å². The maximum absolute atomic E-state index is 14.0. The second-order valence-corrected chi connectivity index (χ2v) is 6.08. The molecule has 0 saturated carbocycles. The van der Waals surface area contributed by atoms with E-state index in [1.807, 2.05) is 18.2 Å². The molecule has 0 bridgehead atoms. The Balaban J connectivity index is 1.75. The molecule has 0 spiro atoms. The first kappa shape index (κ1) is 17.1. The Morgan fingerprint density at radius 1 is 1.20 bits per heavy atom. The summed E-state index contributed by atoms with van der Waals surface area (Å²) in [7, 11) is 1.57. The van der Waals surface area contributed by atoms with Crippen LogP contribution in [-0.2, 0) is 9.59 Å². The lowest BCUT2D eigenvalue weighted by Gasteiger charge is -2.26. The highest BCUT2D eigenvalue weighted by Gasteiger charge is 2.39. The molecule has 2 aromatic carbocycles. The lowest BCUT2D eigenvalue weighted by molar-refractivity contribution is -0.137. The van der Waals surface area contributed by atoms with E-state index in [0.717, 1.165) is 0 Å². The highest BCUT2D eigenvalue weighted by molar-refractivity contribution is 6.01. The van der Waals surface area contributed by atoms with Crippen LogP contribution in [0, 0.1) is 5.82 Å². The van der Waals surface area contributed by atoms with Crippen molar-refractivity contribution in [3.05, 3.63) is 66.0 Å². The van der Waals surface area contributed by atoms with Crippen LogP contribution in [0.1, 0.15) is 18.0 Å². The largest absolute Gasteiger partial charge is 0.332 e. The summed E-state index contributed by atoms with van der Waals surface area (Å²) in [6.07, 6.45) is 0.441. The van der Waals surface area contributed by atoms with Crippen LogP contribution in [0.5, 0.6) is 0 Å². The molecule has 2 N–H and O–H groups in total. The molecule has 0 unspecified atom stereocenters. The molecule has 1 aliphatic rings. The van der Waals surface area contributed by atoms with Crippen molar-refractivity contribution in [2.75, 3.05) is 18.5 Å². The summed E-state index contributed by atoms with van der Waals surface area (Å²) in [5.74, 6) is -1.08. The van der Waals surface area contributed by atoms with Gasteiger partial charge in [-0.1, -0.05) is 42.5 Å². The molecule has 1 saturated heterocycles. The molecule has 0 aromatic heterocycles. The molecule has 0 aliphatic carbocycles. The minimum atomic E-state index is -0.832. The number of likely N-dealkylation sites (N-methyl/N-ethyl adjacent to an activating group) is 1. The number of amides is 2. The molecule has 130 valence electrons. The minimum Gasteiger partial charge on any atom is -0.332 e. The number of benzene rings is 2. The summed E-state index contributed by atoms with van der Waals surface area (Å²) in [5, 5.41) is 0. The van der Waals surface area contributed by atoms with Crippen molar-refractivity contribution in [2.24, 2.45) is 5.73 Å². The van der Waals surface area contributed by atoms with Crippen LogP contribution in [0.2, 0.25) is 0 Å². The summed E-state index contributed by atoms with van der Waals surface area (Å²) in [5.41, 5.74) is 6.98. The van der Waals surface area contributed by atoms with E-state index in [1.165, 1.54) is 15.9 Å². The number of anilines is 1. The molecule has 1 fully saturated rings. The van der Waals surface area contributed by atoms with E-state index < -0.39 is 17.9 Å². The molecule has 25 heavy (non-hydrogen) atoms. The van der Waals surface area contributed by atoms with Crippen LogP contribution < -0.4 is 10.6 Å². The van der Waals surface area contributed by atoms with Gasteiger partial charge in [0.25, 0.3) is 0 Å². The SMILES string of the molecule is CN(C(=O)[C@H](N)c1ccccc1)[C@H]1CCN(c2ccccc2F)C1=O. The fourth-order valence-electron chi connectivity index (χ4n) is 3.11. The molecule has 0 radical (unpaired) electrons. The standard InChI is InChI=1S/C19H20FN3O2/c1-22(19(25)17(21)13-7-3-2-4-8-13)16-11-12-23(18(16)24)15-10-6-5-9-14(15)20/h2-10,16-17H,11-12,21H2,1H3/t16-,17+/m0/s1. The zero-order valence-corrected chi connectivity index (χ0v) is 13.9. The van der Waals surface area contributed by atoms with Gasteiger partial charge >= 0.3 is 0 Å². The summed E-state index contributed by atoms with van der Waals surface area (Å²) >= 11 is 0. The zero-order chi connectivity index (χ0) is 18.0. The third-order valence-corrected chi connectivity index (χ3v) is 4.56. The first-order valence-corrected chi connectivity index (χ1v) is 8.14. The number of nitrogens with two attached hydrogens (primary N) is 1. The van der Waals surface area contributed by atoms with Crippen molar-refractivity contribution in [2.45, 2.75) is 18.5 Å². The number of rotatable bonds is 4. The summed E-state index contributed by atoms with van der Waals surface area (Å²) in [6.45, 7) is 0.364. The highest BCUT2D eigenvalue weighted by Crippen LogP contribution is 2.27. The van der Waals surface area contributed by atoms with E-state index in [9.17, 15) is 14.0 Å². The van der Waals surface area contributed by atoms with E-state index in [0.29, 0.717) is 18.5 Å². The Hall–Kier alpha value is -2.73. The summed E-state index contributed by atoms with van der Waals surface area (Å²) < 4.78 is 14.0. The second-order valence-electron chi connectivity index (χ2n) is 6.08. The van der Waals surface area contributed by atoms with Crippen LogP contribution >= 0.6 is 0 Å². The maximum atomic E-state index is 14.0. The Morgan fingerprint density at radius 2 is 1.84 bits per heavy atom. The van der Waals surface area contributed by atoms with Crippen LogP contribution in [-0.4, -0.2) is 36.3 Å². The number of hydrogen-bond acceptors (Lipinski definition) is 3. The van der Waals surface area contributed by atoms with Crippen LogP contribution in [0.3, 0.4) is 0 Å². The van der Waals surface area contributed by atoms with Crippen molar-refractivity contribution >= 4 is 17.5 Å². The normalized spacial score (nSPS) is 18.3. The van der Waals surface area contributed by atoms with Crippen LogP contribution in [0.4, 0.5) is 10.1 Å². The fraction of sp³-hybridized carbons (Fsp3) is 0.263. The molecule has 5 nitrogen and oxygen atoms in total. The first-order valence-electron chi connectivity index (χ1n) is 8.14. The van der Waals surface area contributed by atoms with Gasteiger partial charge in [-0.15, -0.1) is 0 Å². The predicted octanol–water partition coefficient (Wildman–Crippen LogP) is 2.09. The maximum Gasteiger partial charge on any atom is 0.249 e.